The van der Waals surface area contributed by atoms with Crippen molar-refractivity contribution in [1.29, 1.82) is 0 Å². The molecule has 1 rings (SSSR count). The second kappa shape index (κ2) is 4.57. The third-order valence-corrected chi connectivity index (χ3v) is 1.64. The molecule has 0 saturated carbocycles. The van der Waals surface area contributed by atoms with Crippen LogP contribution >= 0.6 is 0 Å². The van der Waals surface area contributed by atoms with E-state index in [-0.39, 0.29) is 12.2 Å². The number of benzene rings is 1. The summed E-state index contributed by atoms with van der Waals surface area (Å²) in [4.78, 5) is 10.4. The monoisotopic (exact) mass is 199 g/mol. The summed E-state index contributed by atoms with van der Waals surface area (Å²) in [6.07, 6.45) is 0. The Morgan fingerprint density at radius 1 is 1.50 bits per heavy atom. The first-order valence-electron chi connectivity index (χ1n) is 4.02. The summed E-state index contributed by atoms with van der Waals surface area (Å²) in [6.45, 7) is 0.230. The van der Waals surface area contributed by atoms with E-state index >= 15 is 0 Å². The number of carbonyl (C=O) groups is 1. The van der Waals surface area contributed by atoms with Gasteiger partial charge in [0.2, 0.25) is 0 Å². The molecule has 1 aromatic carbocycles. The van der Waals surface area contributed by atoms with Gasteiger partial charge in [-0.25, -0.2) is 9.18 Å². The summed E-state index contributed by atoms with van der Waals surface area (Å²) >= 11 is 0. The molecule has 76 valence electrons. The Bertz CT molecular complexity index is 341. The van der Waals surface area contributed by atoms with Crippen molar-refractivity contribution in [3.63, 3.8) is 0 Å². The van der Waals surface area contributed by atoms with Crippen molar-refractivity contribution in [3.8, 4) is 0 Å². The van der Waals surface area contributed by atoms with Crippen molar-refractivity contribution in [2.75, 3.05) is 18.5 Å². The minimum Gasteiger partial charge on any atom is -0.478 e. The summed E-state index contributed by atoms with van der Waals surface area (Å²) in [5.41, 5.74) is 0.0844. The maximum Gasteiger partial charge on any atom is 0.338 e. The molecular formula is C9H10FNO3. The molecule has 0 fully saturated rings. The second-order valence-corrected chi connectivity index (χ2v) is 2.65. The van der Waals surface area contributed by atoms with Crippen molar-refractivity contribution < 1.29 is 19.4 Å². The second-order valence-electron chi connectivity index (χ2n) is 2.65. The van der Waals surface area contributed by atoms with Crippen LogP contribution in [0.15, 0.2) is 18.2 Å². The van der Waals surface area contributed by atoms with Gasteiger partial charge in [-0.15, -0.1) is 0 Å². The van der Waals surface area contributed by atoms with Gasteiger partial charge in [-0.1, -0.05) is 0 Å². The fraction of sp³-hybridized carbons (Fsp3) is 0.222. The van der Waals surface area contributed by atoms with Gasteiger partial charge in [-0.2, -0.15) is 0 Å². The predicted molar refractivity (Wildman–Crippen MR) is 48.9 cm³/mol. The van der Waals surface area contributed by atoms with Gasteiger partial charge in [0.15, 0.2) is 0 Å². The van der Waals surface area contributed by atoms with Gasteiger partial charge in [0.25, 0.3) is 0 Å². The lowest BCUT2D eigenvalue weighted by atomic mass is 10.2. The first-order valence-corrected chi connectivity index (χ1v) is 4.02. The van der Waals surface area contributed by atoms with Crippen LogP contribution in [0.5, 0.6) is 0 Å². The van der Waals surface area contributed by atoms with E-state index in [4.69, 9.17) is 10.2 Å². The average molecular weight is 199 g/mol. The van der Waals surface area contributed by atoms with Crippen molar-refractivity contribution in [2.45, 2.75) is 0 Å². The lowest BCUT2D eigenvalue weighted by Crippen LogP contribution is -2.07. The highest BCUT2D eigenvalue weighted by atomic mass is 19.1. The Morgan fingerprint density at radius 3 is 2.71 bits per heavy atom. The zero-order valence-electron chi connectivity index (χ0n) is 7.33. The largest absolute Gasteiger partial charge is 0.478 e. The third kappa shape index (κ3) is 2.43. The van der Waals surface area contributed by atoms with Crippen LogP contribution in [-0.2, 0) is 0 Å². The molecule has 0 spiro atoms. The van der Waals surface area contributed by atoms with Crippen molar-refractivity contribution in [2.24, 2.45) is 0 Å². The van der Waals surface area contributed by atoms with Gasteiger partial charge in [0.1, 0.15) is 5.82 Å². The first-order chi connectivity index (χ1) is 6.65. The number of aliphatic hydroxyl groups excluding tert-OH is 1. The molecule has 0 aromatic heterocycles. The molecule has 3 N–H and O–H groups in total. The number of carboxylic acid groups (broad SMARTS) is 1. The number of nitrogens with one attached hydrogen (secondary N) is 1. The highest BCUT2D eigenvalue weighted by molar-refractivity contribution is 5.88. The molecule has 0 unspecified atom stereocenters. The molecule has 0 aliphatic carbocycles. The van der Waals surface area contributed by atoms with Crippen LogP contribution in [0.2, 0.25) is 0 Å². The van der Waals surface area contributed by atoms with Crippen LogP contribution in [0.4, 0.5) is 10.1 Å². The molecule has 14 heavy (non-hydrogen) atoms. The summed E-state index contributed by atoms with van der Waals surface area (Å²) < 4.78 is 13.0. The Hall–Kier alpha value is -1.62. The Balaban J connectivity index is 2.83. The number of rotatable bonds is 4. The van der Waals surface area contributed by atoms with Crippen LogP contribution in [-0.4, -0.2) is 29.3 Å². The fourth-order valence-electron chi connectivity index (χ4n) is 0.999. The third-order valence-electron chi connectivity index (χ3n) is 1.64. The van der Waals surface area contributed by atoms with Crippen molar-refractivity contribution in [3.05, 3.63) is 29.6 Å². The SMILES string of the molecule is O=C(O)c1ccc(NCCO)cc1F. The highest BCUT2D eigenvalue weighted by Crippen LogP contribution is 2.14. The number of carboxylic acids is 1. The van der Waals surface area contributed by atoms with Crippen LogP contribution in [0.3, 0.4) is 0 Å². The van der Waals surface area contributed by atoms with E-state index in [9.17, 15) is 9.18 Å². The van der Waals surface area contributed by atoms with Gasteiger partial charge in [0, 0.05) is 12.2 Å². The number of anilines is 1. The smallest absolute Gasteiger partial charge is 0.338 e. The van der Waals surface area contributed by atoms with Gasteiger partial charge < -0.3 is 15.5 Å². The standard InChI is InChI=1S/C9H10FNO3/c10-8-5-6(11-3-4-12)1-2-7(8)9(13)14/h1-2,5,11-12H,3-4H2,(H,13,14). The van der Waals surface area contributed by atoms with E-state index in [1.807, 2.05) is 0 Å². The predicted octanol–water partition coefficient (Wildman–Crippen LogP) is 0.928. The summed E-state index contributed by atoms with van der Waals surface area (Å²) in [7, 11) is 0. The number of aromatic carboxylic acids is 1. The lowest BCUT2D eigenvalue weighted by Gasteiger charge is -2.05. The van der Waals surface area contributed by atoms with Gasteiger partial charge in [-0.3, -0.25) is 0 Å². The van der Waals surface area contributed by atoms with E-state index in [1.54, 1.807) is 0 Å². The molecule has 0 radical (unpaired) electrons. The molecule has 1 aromatic rings. The van der Waals surface area contributed by atoms with Gasteiger partial charge in [-0.05, 0) is 18.2 Å². The molecule has 0 heterocycles. The summed E-state index contributed by atoms with van der Waals surface area (Å²) in [6, 6.07) is 3.71. The fourth-order valence-corrected chi connectivity index (χ4v) is 0.999. The number of hydrogen-bond acceptors (Lipinski definition) is 3. The minimum atomic E-state index is -1.30. The van der Waals surface area contributed by atoms with E-state index in [2.05, 4.69) is 5.32 Å². The average Bonchev–Trinajstić information content (AvgIpc) is 2.14. The Morgan fingerprint density at radius 2 is 2.21 bits per heavy atom. The molecule has 0 amide bonds. The molecule has 0 aliphatic rings. The number of halogens is 1. The molecule has 5 heteroatoms. The van der Waals surface area contributed by atoms with Crippen molar-refractivity contribution >= 4 is 11.7 Å². The van der Waals surface area contributed by atoms with E-state index < -0.39 is 11.8 Å². The van der Waals surface area contributed by atoms with Gasteiger partial charge in [0.05, 0.1) is 12.2 Å². The molecule has 0 aliphatic heterocycles. The highest BCUT2D eigenvalue weighted by Gasteiger charge is 2.09. The lowest BCUT2D eigenvalue weighted by molar-refractivity contribution is 0.0692. The van der Waals surface area contributed by atoms with E-state index in [0.29, 0.717) is 12.2 Å². The minimum absolute atomic E-state index is 0.0672. The zero-order valence-corrected chi connectivity index (χ0v) is 7.33. The summed E-state index contributed by atoms with van der Waals surface area (Å²) in [5, 5.41) is 19.7. The molecule has 0 bridgehead atoms. The molecule has 0 saturated heterocycles. The van der Waals surface area contributed by atoms with Crippen LogP contribution in [0.1, 0.15) is 10.4 Å². The zero-order chi connectivity index (χ0) is 10.6. The van der Waals surface area contributed by atoms with E-state index in [0.717, 1.165) is 6.07 Å². The first kappa shape index (κ1) is 10.5. The quantitative estimate of drug-likeness (QED) is 0.674. The Labute approximate surface area is 80.0 Å². The molecular weight excluding hydrogens is 189 g/mol. The maximum atomic E-state index is 13.0. The topological polar surface area (TPSA) is 69.6 Å². The van der Waals surface area contributed by atoms with Crippen LogP contribution in [0.25, 0.3) is 0 Å². The number of hydrogen-bond donors (Lipinski definition) is 3. The normalized spacial score (nSPS) is 9.86. The maximum absolute atomic E-state index is 13.0. The Kier molecular flexibility index (Phi) is 3.41. The van der Waals surface area contributed by atoms with Crippen LogP contribution < -0.4 is 5.32 Å². The van der Waals surface area contributed by atoms with E-state index in [1.165, 1.54) is 12.1 Å². The summed E-state index contributed by atoms with van der Waals surface area (Å²) in [5.74, 6) is -2.09. The van der Waals surface area contributed by atoms with Gasteiger partial charge >= 0.3 is 5.97 Å². The van der Waals surface area contributed by atoms with Crippen LogP contribution in [0, 0.1) is 5.82 Å². The van der Waals surface area contributed by atoms with Crippen molar-refractivity contribution in [1.82, 2.24) is 0 Å². The molecule has 4 nitrogen and oxygen atoms in total. The molecule has 0 atom stereocenters. The number of aliphatic hydroxyl groups is 1.